The minimum absolute atomic E-state index is 0.0150. The van der Waals surface area contributed by atoms with Crippen molar-refractivity contribution in [2.24, 2.45) is 5.92 Å². The lowest BCUT2D eigenvalue weighted by molar-refractivity contribution is -0.137. The molecule has 0 spiro atoms. The van der Waals surface area contributed by atoms with Crippen molar-refractivity contribution in [2.45, 2.75) is 44.6 Å². The van der Waals surface area contributed by atoms with E-state index < -0.39 is 11.6 Å². The molecule has 3 rings (SSSR count). The van der Waals surface area contributed by atoms with Crippen molar-refractivity contribution in [3.8, 4) is 5.75 Å². The molecule has 1 aromatic carbocycles. The number of benzene rings is 1. The van der Waals surface area contributed by atoms with E-state index in [4.69, 9.17) is 9.84 Å². The molecule has 0 bridgehead atoms. The molecule has 22 heavy (non-hydrogen) atoms. The third-order valence-electron chi connectivity index (χ3n) is 4.54. The van der Waals surface area contributed by atoms with Crippen LogP contribution in [-0.2, 0) is 9.59 Å². The van der Waals surface area contributed by atoms with Gasteiger partial charge in [-0.25, -0.2) is 0 Å². The molecule has 1 fully saturated rings. The van der Waals surface area contributed by atoms with Crippen LogP contribution in [0.5, 0.6) is 5.75 Å². The molecule has 1 amide bonds. The first-order valence-corrected chi connectivity index (χ1v) is 7.62. The first-order valence-electron chi connectivity index (χ1n) is 7.62. The van der Waals surface area contributed by atoms with Gasteiger partial charge in [-0.15, -0.1) is 0 Å². The van der Waals surface area contributed by atoms with Gasteiger partial charge in [0.25, 0.3) is 5.91 Å². The Morgan fingerprint density at radius 1 is 1.45 bits per heavy atom. The molecule has 1 saturated carbocycles. The largest absolute Gasteiger partial charge is 0.481 e. The molecule has 1 N–H and O–H groups in total. The summed E-state index contributed by atoms with van der Waals surface area (Å²) >= 11 is 0. The lowest BCUT2D eigenvalue weighted by Gasteiger charge is -2.37. The van der Waals surface area contributed by atoms with Crippen LogP contribution >= 0.6 is 0 Å². The van der Waals surface area contributed by atoms with Crippen molar-refractivity contribution in [2.75, 3.05) is 11.9 Å². The van der Waals surface area contributed by atoms with Crippen LogP contribution in [0.1, 0.15) is 44.6 Å². The molecule has 1 heterocycles. The fraction of sp³-hybridized carbons (Fsp3) is 0.529. The molecule has 118 valence electrons. The van der Waals surface area contributed by atoms with Crippen LogP contribution in [0.4, 0.5) is 5.69 Å². The van der Waals surface area contributed by atoms with E-state index in [-0.39, 0.29) is 18.2 Å². The van der Waals surface area contributed by atoms with Crippen LogP contribution < -0.4 is 9.64 Å². The number of rotatable bonds is 4. The van der Waals surface area contributed by atoms with Gasteiger partial charge in [-0.05, 0) is 56.2 Å². The normalized spacial score (nSPS) is 21.0. The van der Waals surface area contributed by atoms with Gasteiger partial charge in [0.2, 0.25) is 0 Å². The van der Waals surface area contributed by atoms with Crippen LogP contribution in [-0.4, -0.2) is 29.6 Å². The average Bonchev–Trinajstić information content (AvgIpc) is 3.26. The molecule has 0 radical (unpaired) electrons. The maximum atomic E-state index is 12.3. The Morgan fingerprint density at radius 3 is 2.73 bits per heavy atom. The number of hydrogen-bond donors (Lipinski definition) is 1. The second-order valence-electron chi connectivity index (χ2n) is 6.75. The summed E-state index contributed by atoms with van der Waals surface area (Å²) in [7, 11) is 1.73. The highest BCUT2D eigenvalue weighted by molar-refractivity contribution is 6.02. The van der Waals surface area contributed by atoms with Crippen LogP contribution in [0, 0.1) is 5.92 Å². The number of aliphatic carboxylic acids is 1. The van der Waals surface area contributed by atoms with Crippen LogP contribution in [0.3, 0.4) is 0 Å². The minimum Gasteiger partial charge on any atom is -0.481 e. The number of carboxylic acids is 1. The van der Waals surface area contributed by atoms with E-state index in [0.29, 0.717) is 11.7 Å². The molecule has 1 aliphatic carbocycles. The molecule has 5 nitrogen and oxygen atoms in total. The molecule has 1 aromatic rings. The van der Waals surface area contributed by atoms with Crippen LogP contribution in [0.2, 0.25) is 0 Å². The lowest BCUT2D eigenvalue weighted by Crippen LogP contribution is -2.50. The van der Waals surface area contributed by atoms with E-state index in [2.05, 4.69) is 0 Å². The van der Waals surface area contributed by atoms with Gasteiger partial charge in [-0.2, -0.15) is 0 Å². The van der Waals surface area contributed by atoms with Gasteiger partial charge in [0.1, 0.15) is 5.75 Å². The maximum Gasteiger partial charge on any atom is 0.303 e. The second-order valence-corrected chi connectivity index (χ2v) is 6.75. The fourth-order valence-electron chi connectivity index (χ4n) is 3.19. The van der Waals surface area contributed by atoms with Crippen LogP contribution in [0.15, 0.2) is 18.2 Å². The van der Waals surface area contributed by atoms with Crippen LogP contribution in [0.25, 0.3) is 0 Å². The number of carbonyl (C=O) groups is 2. The van der Waals surface area contributed by atoms with Crippen molar-refractivity contribution in [1.82, 2.24) is 0 Å². The Hall–Kier alpha value is -2.04. The predicted octanol–water partition coefficient (Wildman–Crippen LogP) is 2.79. The summed E-state index contributed by atoms with van der Waals surface area (Å²) in [4.78, 5) is 25.0. The third-order valence-corrected chi connectivity index (χ3v) is 4.54. The quantitative estimate of drug-likeness (QED) is 0.928. The zero-order valence-electron chi connectivity index (χ0n) is 13.1. The second kappa shape index (κ2) is 5.00. The van der Waals surface area contributed by atoms with E-state index in [9.17, 15) is 9.59 Å². The summed E-state index contributed by atoms with van der Waals surface area (Å²) in [6.07, 6.45) is 2.29. The Bertz CT molecular complexity index is 634. The number of anilines is 1. The average molecular weight is 303 g/mol. The van der Waals surface area contributed by atoms with Crippen molar-refractivity contribution >= 4 is 17.6 Å². The van der Waals surface area contributed by atoms with E-state index in [1.807, 2.05) is 18.2 Å². The molecule has 0 saturated heterocycles. The predicted molar refractivity (Wildman–Crippen MR) is 82.3 cm³/mol. The number of amides is 1. The number of nitrogens with zero attached hydrogens (tertiary/aromatic N) is 1. The zero-order chi connectivity index (χ0) is 16.1. The monoisotopic (exact) mass is 303 g/mol. The number of carboxylic acid groups (broad SMARTS) is 1. The summed E-state index contributed by atoms with van der Waals surface area (Å²) in [5, 5.41) is 9.13. The van der Waals surface area contributed by atoms with Crippen molar-refractivity contribution in [1.29, 1.82) is 0 Å². The maximum absolute atomic E-state index is 12.3. The standard InChI is InChI=1S/C17H21NO4/c1-17(2)16(21)18(3)13-8-11(6-7-14(13)22-17)12(9-15(19)20)10-4-5-10/h6-8,10,12H,4-5,9H2,1-3H3,(H,19,20). The summed E-state index contributed by atoms with van der Waals surface area (Å²) in [5.74, 6) is 0.243. The number of ether oxygens (including phenoxy) is 1. The number of likely N-dealkylation sites (N-methyl/N-ethyl adjacent to an activating group) is 1. The van der Waals surface area contributed by atoms with Gasteiger partial charge in [0, 0.05) is 7.05 Å². The number of fused-ring (bicyclic) bond motifs is 1. The van der Waals surface area contributed by atoms with Crippen molar-refractivity contribution in [3.05, 3.63) is 23.8 Å². The Morgan fingerprint density at radius 2 is 2.14 bits per heavy atom. The highest BCUT2D eigenvalue weighted by Crippen LogP contribution is 2.47. The first-order chi connectivity index (χ1) is 10.3. The van der Waals surface area contributed by atoms with Gasteiger partial charge in [-0.3, -0.25) is 9.59 Å². The summed E-state index contributed by atoms with van der Waals surface area (Å²) in [6.45, 7) is 3.50. The van der Waals surface area contributed by atoms with Gasteiger partial charge in [0.15, 0.2) is 5.60 Å². The molecule has 1 unspecified atom stereocenters. The zero-order valence-corrected chi connectivity index (χ0v) is 13.1. The topological polar surface area (TPSA) is 66.8 Å². The Balaban J connectivity index is 1.96. The lowest BCUT2D eigenvalue weighted by atomic mass is 9.90. The highest BCUT2D eigenvalue weighted by Gasteiger charge is 2.40. The molecular weight excluding hydrogens is 282 g/mol. The van der Waals surface area contributed by atoms with Gasteiger partial charge in [0.05, 0.1) is 12.1 Å². The molecule has 1 atom stereocenters. The smallest absolute Gasteiger partial charge is 0.303 e. The van der Waals surface area contributed by atoms with Crippen molar-refractivity contribution < 1.29 is 19.4 Å². The van der Waals surface area contributed by atoms with Gasteiger partial charge in [-0.1, -0.05) is 6.07 Å². The number of hydrogen-bond acceptors (Lipinski definition) is 3. The number of carbonyl (C=O) groups excluding carboxylic acids is 1. The van der Waals surface area contributed by atoms with E-state index in [1.165, 1.54) is 0 Å². The summed E-state index contributed by atoms with van der Waals surface area (Å²) in [6, 6.07) is 5.70. The first kappa shape index (κ1) is 14.9. The fourth-order valence-corrected chi connectivity index (χ4v) is 3.19. The molecular formula is C17H21NO4. The van der Waals surface area contributed by atoms with E-state index in [0.717, 1.165) is 24.1 Å². The Kier molecular flexibility index (Phi) is 3.38. The molecule has 0 aromatic heterocycles. The minimum atomic E-state index is -0.875. The third kappa shape index (κ3) is 2.56. The molecule has 2 aliphatic rings. The Labute approximate surface area is 129 Å². The van der Waals surface area contributed by atoms with E-state index >= 15 is 0 Å². The molecule has 1 aliphatic heterocycles. The summed E-state index contributed by atoms with van der Waals surface area (Å²) in [5.41, 5.74) is 0.824. The van der Waals surface area contributed by atoms with Gasteiger partial charge < -0.3 is 14.7 Å². The summed E-state index contributed by atoms with van der Waals surface area (Å²) < 4.78 is 5.79. The highest BCUT2D eigenvalue weighted by atomic mass is 16.5. The SMILES string of the molecule is CN1C(=O)C(C)(C)Oc2ccc(C(CC(=O)O)C3CC3)cc21. The van der Waals surface area contributed by atoms with Gasteiger partial charge >= 0.3 is 5.97 Å². The molecule has 5 heteroatoms. The van der Waals surface area contributed by atoms with Crippen molar-refractivity contribution in [3.63, 3.8) is 0 Å². The van der Waals surface area contributed by atoms with E-state index in [1.54, 1.807) is 25.8 Å².